The molecule has 0 aliphatic carbocycles. The lowest BCUT2D eigenvalue weighted by Crippen LogP contribution is -2.38. The molecule has 1 fully saturated rings. The van der Waals surface area contributed by atoms with Gasteiger partial charge < -0.3 is 4.74 Å². The van der Waals surface area contributed by atoms with E-state index in [0.717, 1.165) is 19.0 Å². The van der Waals surface area contributed by atoms with Gasteiger partial charge in [0.15, 0.2) is 0 Å². The van der Waals surface area contributed by atoms with E-state index in [0.29, 0.717) is 0 Å². The molecule has 0 spiro atoms. The average Bonchev–Trinajstić information content (AvgIpc) is 2.46. The fraction of sp³-hybridized carbons (Fsp3) is 0.529. The number of hydrogen-bond donors (Lipinski definition) is 0. The lowest BCUT2D eigenvalue weighted by molar-refractivity contribution is 0.133. The Morgan fingerprint density at radius 3 is 2.89 bits per heavy atom. The molecule has 1 saturated heterocycles. The number of ether oxygens (including phenoxy) is 1. The van der Waals surface area contributed by atoms with Crippen LogP contribution in [-0.4, -0.2) is 24.6 Å². The van der Waals surface area contributed by atoms with Gasteiger partial charge in [-0.2, -0.15) is 0 Å². The van der Waals surface area contributed by atoms with Crippen LogP contribution < -0.4 is 0 Å². The summed E-state index contributed by atoms with van der Waals surface area (Å²) in [5.41, 5.74) is 1.43. The molecule has 1 aliphatic rings. The first-order valence-electron chi connectivity index (χ1n) is 7.36. The minimum absolute atomic E-state index is 0.732. The molecule has 0 N–H and O–H groups in total. The summed E-state index contributed by atoms with van der Waals surface area (Å²) < 4.78 is 4.96. The van der Waals surface area contributed by atoms with Crippen LogP contribution in [-0.2, 0) is 11.3 Å². The molecule has 0 saturated carbocycles. The van der Waals surface area contributed by atoms with E-state index in [9.17, 15) is 0 Å². The van der Waals surface area contributed by atoms with E-state index in [4.69, 9.17) is 4.74 Å². The van der Waals surface area contributed by atoms with Crippen molar-refractivity contribution >= 4 is 0 Å². The molecule has 0 aromatic heterocycles. The highest BCUT2D eigenvalue weighted by atomic mass is 16.5. The maximum Gasteiger partial charge on any atom is 0.0784 e. The van der Waals surface area contributed by atoms with Gasteiger partial charge in [-0.15, -0.1) is 0 Å². The van der Waals surface area contributed by atoms with Gasteiger partial charge in [0.1, 0.15) is 0 Å². The number of piperidine rings is 1. The molecule has 0 amide bonds. The van der Waals surface area contributed by atoms with E-state index in [1.54, 1.807) is 13.4 Å². The van der Waals surface area contributed by atoms with Crippen LogP contribution in [0.4, 0.5) is 0 Å². The summed E-state index contributed by atoms with van der Waals surface area (Å²) in [6, 6.07) is 11.6. The second kappa shape index (κ2) is 8.00. The molecule has 0 radical (unpaired) electrons. The molecule has 1 aromatic carbocycles. The van der Waals surface area contributed by atoms with E-state index in [-0.39, 0.29) is 0 Å². The van der Waals surface area contributed by atoms with Gasteiger partial charge >= 0.3 is 0 Å². The number of likely N-dealkylation sites (tertiary alicyclic amines) is 1. The smallest absolute Gasteiger partial charge is 0.0784 e. The van der Waals surface area contributed by atoms with Gasteiger partial charge in [-0.3, -0.25) is 4.90 Å². The zero-order chi connectivity index (χ0) is 13.3. The summed E-state index contributed by atoms with van der Waals surface area (Å²) in [4.78, 5) is 2.65. The quantitative estimate of drug-likeness (QED) is 0.716. The SMILES string of the molecule is CO/C=C/CC[C@H]1CCCCN1Cc1ccccc1. The average molecular weight is 259 g/mol. The second-order valence-electron chi connectivity index (χ2n) is 5.29. The van der Waals surface area contributed by atoms with Gasteiger partial charge in [-0.25, -0.2) is 0 Å². The minimum Gasteiger partial charge on any atom is -0.505 e. The number of benzene rings is 1. The first kappa shape index (κ1) is 14.1. The molecular formula is C17H25NO. The molecule has 1 atom stereocenters. The standard InChI is InChI=1S/C17H25NO/c1-19-14-8-6-12-17-11-5-7-13-18(17)15-16-9-3-2-4-10-16/h2-4,8-10,14,17H,5-7,11-13,15H2,1H3/b14-8+/t17-/m1/s1. The van der Waals surface area contributed by atoms with Crippen LogP contribution in [0.5, 0.6) is 0 Å². The van der Waals surface area contributed by atoms with Gasteiger partial charge in [0.25, 0.3) is 0 Å². The van der Waals surface area contributed by atoms with Crippen molar-refractivity contribution in [1.29, 1.82) is 0 Å². The largest absolute Gasteiger partial charge is 0.505 e. The lowest BCUT2D eigenvalue weighted by Gasteiger charge is -2.35. The first-order chi connectivity index (χ1) is 9.40. The van der Waals surface area contributed by atoms with Gasteiger partial charge in [-0.05, 0) is 43.9 Å². The van der Waals surface area contributed by atoms with Gasteiger partial charge in [0, 0.05) is 12.6 Å². The summed E-state index contributed by atoms with van der Waals surface area (Å²) in [7, 11) is 1.71. The summed E-state index contributed by atoms with van der Waals surface area (Å²) in [6.45, 7) is 2.34. The molecule has 1 aromatic rings. The number of hydrogen-bond acceptors (Lipinski definition) is 2. The van der Waals surface area contributed by atoms with Crippen molar-refractivity contribution in [2.75, 3.05) is 13.7 Å². The van der Waals surface area contributed by atoms with E-state index < -0.39 is 0 Å². The molecule has 1 heterocycles. The van der Waals surface area contributed by atoms with Crippen molar-refractivity contribution in [3.8, 4) is 0 Å². The van der Waals surface area contributed by atoms with E-state index in [1.807, 2.05) is 0 Å². The Morgan fingerprint density at radius 2 is 2.11 bits per heavy atom. The Hall–Kier alpha value is -1.28. The topological polar surface area (TPSA) is 12.5 Å². The van der Waals surface area contributed by atoms with Crippen molar-refractivity contribution in [3.05, 3.63) is 48.2 Å². The van der Waals surface area contributed by atoms with Gasteiger partial charge in [0.2, 0.25) is 0 Å². The lowest BCUT2D eigenvalue weighted by atomic mass is 9.97. The Labute approximate surface area is 117 Å². The van der Waals surface area contributed by atoms with Crippen LogP contribution in [0.25, 0.3) is 0 Å². The zero-order valence-electron chi connectivity index (χ0n) is 11.9. The van der Waals surface area contributed by atoms with E-state index in [2.05, 4.69) is 41.3 Å². The predicted molar refractivity (Wildman–Crippen MR) is 79.9 cm³/mol. The Morgan fingerprint density at radius 1 is 1.26 bits per heavy atom. The van der Waals surface area contributed by atoms with E-state index >= 15 is 0 Å². The highest BCUT2D eigenvalue weighted by Crippen LogP contribution is 2.23. The van der Waals surface area contributed by atoms with Crippen LogP contribution in [0.3, 0.4) is 0 Å². The number of methoxy groups -OCH3 is 1. The van der Waals surface area contributed by atoms with E-state index in [1.165, 1.54) is 37.8 Å². The fourth-order valence-corrected chi connectivity index (χ4v) is 2.87. The molecular weight excluding hydrogens is 234 g/mol. The third-order valence-corrected chi connectivity index (χ3v) is 3.88. The molecule has 19 heavy (non-hydrogen) atoms. The summed E-state index contributed by atoms with van der Waals surface area (Å²) in [6.07, 6.45) is 10.4. The molecule has 2 rings (SSSR count). The zero-order valence-corrected chi connectivity index (χ0v) is 11.9. The highest BCUT2D eigenvalue weighted by molar-refractivity contribution is 5.14. The maximum absolute atomic E-state index is 4.96. The van der Waals surface area contributed by atoms with Gasteiger partial charge in [0.05, 0.1) is 13.4 Å². The first-order valence-corrected chi connectivity index (χ1v) is 7.36. The van der Waals surface area contributed by atoms with Crippen molar-refractivity contribution in [2.45, 2.75) is 44.7 Å². The Bertz CT molecular complexity index is 374. The van der Waals surface area contributed by atoms with Crippen molar-refractivity contribution < 1.29 is 4.74 Å². The number of rotatable bonds is 6. The Balaban J connectivity index is 1.87. The molecule has 2 nitrogen and oxygen atoms in total. The normalized spacial score (nSPS) is 20.8. The number of allylic oxidation sites excluding steroid dienone is 1. The predicted octanol–water partition coefficient (Wildman–Crippen LogP) is 3.98. The van der Waals surface area contributed by atoms with Crippen molar-refractivity contribution in [1.82, 2.24) is 4.90 Å². The monoisotopic (exact) mass is 259 g/mol. The summed E-state index contributed by atoms with van der Waals surface area (Å²) in [5.74, 6) is 0. The van der Waals surface area contributed by atoms with Crippen molar-refractivity contribution in [3.63, 3.8) is 0 Å². The molecule has 1 aliphatic heterocycles. The maximum atomic E-state index is 4.96. The highest BCUT2D eigenvalue weighted by Gasteiger charge is 2.21. The molecule has 2 heteroatoms. The molecule has 104 valence electrons. The van der Waals surface area contributed by atoms with Crippen LogP contribution in [0.2, 0.25) is 0 Å². The fourth-order valence-electron chi connectivity index (χ4n) is 2.87. The van der Waals surface area contributed by atoms with Crippen LogP contribution in [0, 0.1) is 0 Å². The summed E-state index contributed by atoms with van der Waals surface area (Å²) >= 11 is 0. The third-order valence-electron chi connectivity index (χ3n) is 3.88. The van der Waals surface area contributed by atoms with Crippen molar-refractivity contribution in [2.24, 2.45) is 0 Å². The second-order valence-corrected chi connectivity index (χ2v) is 5.29. The number of nitrogens with zero attached hydrogens (tertiary/aromatic N) is 1. The van der Waals surface area contributed by atoms with Crippen LogP contribution in [0.15, 0.2) is 42.7 Å². The van der Waals surface area contributed by atoms with Crippen LogP contribution in [0.1, 0.15) is 37.7 Å². The Kier molecular flexibility index (Phi) is 5.96. The van der Waals surface area contributed by atoms with Gasteiger partial charge in [-0.1, -0.05) is 36.8 Å². The third kappa shape index (κ3) is 4.71. The molecule has 0 bridgehead atoms. The summed E-state index contributed by atoms with van der Waals surface area (Å²) in [5, 5.41) is 0. The minimum atomic E-state index is 0.732. The molecule has 0 unspecified atom stereocenters. The van der Waals surface area contributed by atoms with Crippen LogP contribution >= 0.6 is 0 Å².